The number of aliphatic imine (C=N–C) groups is 1. The minimum Gasteiger partial charge on any atom is -0.299 e. The summed E-state index contributed by atoms with van der Waals surface area (Å²) in [7, 11) is 0. The monoisotopic (exact) mass is 149 g/mol. The molecule has 0 aromatic rings. The molecule has 3 heteroatoms. The molecule has 2 rings (SSSR count). The van der Waals surface area contributed by atoms with Crippen molar-refractivity contribution >= 4 is 11.6 Å². The fourth-order valence-corrected chi connectivity index (χ4v) is 1.52. The molecule has 0 bridgehead atoms. The summed E-state index contributed by atoms with van der Waals surface area (Å²) in [5.74, 6) is 1.02. The number of ketones is 1. The van der Waals surface area contributed by atoms with Crippen molar-refractivity contribution in [3.8, 4) is 0 Å². The molecule has 1 saturated carbocycles. The van der Waals surface area contributed by atoms with E-state index < -0.39 is 0 Å². The highest BCUT2D eigenvalue weighted by atomic mass is 16.1. The van der Waals surface area contributed by atoms with Crippen LogP contribution < -0.4 is 5.32 Å². The zero-order valence-electron chi connectivity index (χ0n) is 6.16. The molecule has 1 radical (unpaired) electrons. The third-order valence-corrected chi connectivity index (χ3v) is 2.10. The molecule has 57 valence electrons. The molecule has 1 aliphatic carbocycles. The molecule has 1 heterocycles. The van der Waals surface area contributed by atoms with Gasteiger partial charge in [-0.15, -0.1) is 0 Å². The van der Waals surface area contributed by atoms with Gasteiger partial charge in [-0.25, -0.2) is 10.3 Å². The lowest BCUT2D eigenvalue weighted by Gasteiger charge is -2.04. The number of carbonyl (C=O) groups excluding carboxylic acids is 1. The first-order valence-corrected chi connectivity index (χ1v) is 3.84. The highest BCUT2D eigenvalue weighted by molar-refractivity contribution is 6.06. The molecule has 11 heavy (non-hydrogen) atoms. The zero-order chi connectivity index (χ0) is 7.68. The fourth-order valence-electron chi connectivity index (χ4n) is 1.52. The van der Waals surface area contributed by atoms with Gasteiger partial charge in [0.2, 0.25) is 0 Å². The first-order valence-electron chi connectivity index (χ1n) is 3.84. The van der Waals surface area contributed by atoms with E-state index in [4.69, 9.17) is 0 Å². The van der Waals surface area contributed by atoms with E-state index in [-0.39, 0.29) is 5.92 Å². The Morgan fingerprint density at radius 1 is 1.45 bits per heavy atom. The lowest BCUT2D eigenvalue weighted by molar-refractivity contribution is -0.119. The Kier molecular flexibility index (Phi) is 1.49. The highest BCUT2D eigenvalue weighted by Gasteiger charge is 2.30. The van der Waals surface area contributed by atoms with Gasteiger partial charge in [-0.1, -0.05) is 0 Å². The molecule has 0 spiro atoms. The number of rotatable bonds is 1. The van der Waals surface area contributed by atoms with E-state index in [1.54, 1.807) is 12.4 Å². The molecule has 0 saturated heterocycles. The molecule has 1 atom stereocenters. The summed E-state index contributed by atoms with van der Waals surface area (Å²) >= 11 is 0. The number of nitrogens with zero attached hydrogens (tertiary/aromatic N) is 2. The van der Waals surface area contributed by atoms with Crippen molar-refractivity contribution in [1.29, 1.82) is 0 Å². The summed E-state index contributed by atoms with van der Waals surface area (Å²) in [6, 6.07) is 0. The van der Waals surface area contributed by atoms with Gasteiger partial charge in [0.1, 0.15) is 11.6 Å². The van der Waals surface area contributed by atoms with Gasteiger partial charge >= 0.3 is 0 Å². The van der Waals surface area contributed by atoms with Gasteiger partial charge in [0.05, 0.1) is 5.92 Å². The minimum atomic E-state index is 0.00463. The molecule has 1 unspecified atom stereocenters. The van der Waals surface area contributed by atoms with Crippen molar-refractivity contribution in [2.75, 3.05) is 0 Å². The van der Waals surface area contributed by atoms with Crippen molar-refractivity contribution in [3.05, 3.63) is 12.4 Å². The summed E-state index contributed by atoms with van der Waals surface area (Å²) in [4.78, 5) is 15.2. The molecule has 3 nitrogen and oxygen atoms in total. The first kappa shape index (κ1) is 6.58. The van der Waals surface area contributed by atoms with E-state index in [0.29, 0.717) is 18.0 Å². The molecule has 0 aromatic heterocycles. The average Bonchev–Trinajstić information content (AvgIpc) is 2.55. The molecular weight excluding hydrogens is 140 g/mol. The Labute approximate surface area is 65.2 Å². The van der Waals surface area contributed by atoms with Crippen LogP contribution in [0.5, 0.6) is 0 Å². The summed E-state index contributed by atoms with van der Waals surface area (Å²) in [6.45, 7) is 0. The van der Waals surface area contributed by atoms with E-state index in [0.717, 1.165) is 12.8 Å². The van der Waals surface area contributed by atoms with Crippen molar-refractivity contribution in [2.45, 2.75) is 19.3 Å². The van der Waals surface area contributed by atoms with Crippen LogP contribution in [0, 0.1) is 5.92 Å². The quantitative estimate of drug-likeness (QED) is 0.544. The second-order valence-corrected chi connectivity index (χ2v) is 2.83. The van der Waals surface area contributed by atoms with Crippen LogP contribution >= 0.6 is 0 Å². The van der Waals surface area contributed by atoms with Crippen LogP contribution in [0.15, 0.2) is 17.4 Å². The van der Waals surface area contributed by atoms with E-state index in [1.165, 1.54) is 0 Å². The SMILES string of the molecule is O=C1CCCC1C1=NC=C[N]1. The average molecular weight is 149 g/mol. The second kappa shape index (κ2) is 2.49. The van der Waals surface area contributed by atoms with Crippen molar-refractivity contribution in [2.24, 2.45) is 10.9 Å². The van der Waals surface area contributed by atoms with Crippen molar-refractivity contribution in [3.63, 3.8) is 0 Å². The molecule has 1 aliphatic heterocycles. The van der Waals surface area contributed by atoms with Gasteiger partial charge in [-0.05, 0) is 12.8 Å². The van der Waals surface area contributed by atoms with Gasteiger partial charge in [0, 0.05) is 18.8 Å². The first-order chi connectivity index (χ1) is 5.38. The molecular formula is C8H9N2O. The maximum atomic E-state index is 11.2. The largest absolute Gasteiger partial charge is 0.299 e. The van der Waals surface area contributed by atoms with Crippen LogP contribution in [0.2, 0.25) is 0 Å². The second-order valence-electron chi connectivity index (χ2n) is 2.83. The smallest absolute Gasteiger partial charge is 0.143 e. The summed E-state index contributed by atoms with van der Waals surface area (Å²) in [5.41, 5.74) is 0. The van der Waals surface area contributed by atoms with Gasteiger partial charge in [-0.2, -0.15) is 0 Å². The van der Waals surface area contributed by atoms with Crippen molar-refractivity contribution < 1.29 is 4.79 Å². The highest BCUT2D eigenvalue weighted by Crippen LogP contribution is 2.23. The Hall–Kier alpha value is -1.12. The summed E-state index contributed by atoms with van der Waals surface area (Å²) < 4.78 is 0. The van der Waals surface area contributed by atoms with Crippen LogP contribution in [0.3, 0.4) is 0 Å². The third kappa shape index (κ3) is 1.06. The number of amidine groups is 1. The van der Waals surface area contributed by atoms with Crippen LogP contribution in [0.25, 0.3) is 0 Å². The zero-order valence-corrected chi connectivity index (χ0v) is 6.16. The molecule has 2 aliphatic rings. The van der Waals surface area contributed by atoms with Crippen LogP contribution in [0.1, 0.15) is 19.3 Å². The molecule has 0 N–H and O–H groups in total. The number of hydrogen-bond acceptors (Lipinski definition) is 2. The van der Waals surface area contributed by atoms with Crippen LogP contribution in [0.4, 0.5) is 0 Å². The van der Waals surface area contributed by atoms with E-state index >= 15 is 0 Å². The van der Waals surface area contributed by atoms with E-state index in [1.807, 2.05) is 0 Å². The van der Waals surface area contributed by atoms with Gasteiger partial charge in [-0.3, -0.25) is 4.79 Å². The predicted molar refractivity (Wildman–Crippen MR) is 41.1 cm³/mol. The Balaban J connectivity index is 2.10. The summed E-state index contributed by atoms with van der Waals surface area (Å²) in [5, 5.41) is 4.02. The van der Waals surface area contributed by atoms with E-state index in [9.17, 15) is 4.79 Å². The maximum Gasteiger partial charge on any atom is 0.143 e. The maximum absolute atomic E-state index is 11.2. The Bertz CT molecular complexity index is 242. The third-order valence-electron chi connectivity index (χ3n) is 2.10. The van der Waals surface area contributed by atoms with Crippen LogP contribution in [-0.4, -0.2) is 11.6 Å². The van der Waals surface area contributed by atoms with E-state index in [2.05, 4.69) is 10.3 Å². The number of carbonyl (C=O) groups is 1. The molecule has 1 fully saturated rings. The standard InChI is InChI=1S/C8H9N2O/c11-7-3-1-2-6(7)8-9-4-5-10-8/h4-6H,1-3H2. The van der Waals surface area contributed by atoms with Gasteiger partial charge < -0.3 is 0 Å². The number of Topliss-reactive ketones (excluding diaryl/α,β-unsaturated/α-hetero) is 1. The Morgan fingerprint density at radius 2 is 2.36 bits per heavy atom. The summed E-state index contributed by atoms with van der Waals surface area (Å²) in [6.07, 6.45) is 5.92. The fraction of sp³-hybridized carbons (Fsp3) is 0.500. The minimum absolute atomic E-state index is 0.00463. The number of hydrogen-bond donors (Lipinski definition) is 0. The van der Waals surface area contributed by atoms with Gasteiger partial charge in [0.15, 0.2) is 0 Å². The normalized spacial score (nSPS) is 28.9. The molecule has 0 amide bonds. The lowest BCUT2D eigenvalue weighted by atomic mass is 10.1. The lowest BCUT2D eigenvalue weighted by Crippen LogP contribution is -2.22. The topological polar surface area (TPSA) is 43.5 Å². The predicted octanol–water partition coefficient (Wildman–Crippen LogP) is 0.843. The van der Waals surface area contributed by atoms with Crippen LogP contribution in [-0.2, 0) is 4.79 Å². The Morgan fingerprint density at radius 3 is 2.91 bits per heavy atom. The van der Waals surface area contributed by atoms with Gasteiger partial charge in [0.25, 0.3) is 0 Å². The molecule has 0 aromatic carbocycles. The van der Waals surface area contributed by atoms with Crippen molar-refractivity contribution in [1.82, 2.24) is 5.32 Å².